The maximum absolute atomic E-state index is 12.8. The molecule has 0 radical (unpaired) electrons. The molecule has 182 valence electrons. The van der Waals surface area contributed by atoms with E-state index >= 15 is 0 Å². The maximum Gasteiger partial charge on any atom is 0.258 e. The second kappa shape index (κ2) is 10.2. The number of nitrogens with zero attached hydrogens (tertiary/aromatic N) is 2. The van der Waals surface area contributed by atoms with Gasteiger partial charge in [-0.05, 0) is 47.3 Å². The van der Waals surface area contributed by atoms with Crippen molar-refractivity contribution in [2.75, 3.05) is 36.4 Å². The summed E-state index contributed by atoms with van der Waals surface area (Å²) in [4.78, 5) is 29.5. The highest BCUT2D eigenvalue weighted by Crippen LogP contribution is 2.30. The van der Waals surface area contributed by atoms with Crippen molar-refractivity contribution < 1.29 is 9.59 Å². The molecule has 6 nitrogen and oxygen atoms in total. The highest BCUT2D eigenvalue weighted by Gasteiger charge is 2.30. The first-order valence-corrected chi connectivity index (χ1v) is 12.4. The lowest BCUT2D eigenvalue weighted by Gasteiger charge is -2.39. The molecule has 3 aromatic carbocycles. The van der Waals surface area contributed by atoms with E-state index in [1.807, 2.05) is 74.2 Å². The van der Waals surface area contributed by atoms with E-state index in [2.05, 4.69) is 15.5 Å². The Hall–Kier alpha value is -3.16. The third-order valence-electron chi connectivity index (χ3n) is 6.02. The van der Waals surface area contributed by atoms with Crippen molar-refractivity contribution in [2.45, 2.75) is 20.8 Å². The van der Waals surface area contributed by atoms with E-state index in [-0.39, 0.29) is 22.3 Å². The van der Waals surface area contributed by atoms with Gasteiger partial charge < -0.3 is 15.1 Å². The van der Waals surface area contributed by atoms with Crippen molar-refractivity contribution in [3.63, 3.8) is 0 Å². The summed E-state index contributed by atoms with van der Waals surface area (Å²) in [6, 6.07) is 18.9. The molecule has 0 atom stereocenters. The maximum atomic E-state index is 12.8. The molecule has 0 aromatic heterocycles. The highest BCUT2D eigenvalue weighted by molar-refractivity contribution is 7.80. The van der Waals surface area contributed by atoms with Crippen LogP contribution in [0.4, 0.5) is 11.4 Å². The minimum atomic E-state index is -0.380. The fourth-order valence-corrected chi connectivity index (χ4v) is 4.73. The van der Waals surface area contributed by atoms with Crippen LogP contribution in [0.2, 0.25) is 5.02 Å². The molecule has 3 aromatic rings. The van der Waals surface area contributed by atoms with Crippen LogP contribution in [-0.2, 0) is 4.79 Å². The summed E-state index contributed by atoms with van der Waals surface area (Å²) in [5.41, 5.74) is 1.77. The molecule has 2 amide bonds. The summed E-state index contributed by atoms with van der Waals surface area (Å²) in [5, 5.41) is 8.43. The number of piperazine rings is 1. The Kier molecular flexibility index (Phi) is 7.28. The molecular weight excluding hydrogens is 480 g/mol. The van der Waals surface area contributed by atoms with Crippen LogP contribution in [0.25, 0.3) is 10.8 Å². The Morgan fingerprint density at radius 3 is 2.31 bits per heavy atom. The van der Waals surface area contributed by atoms with Crippen molar-refractivity contribution in [1.82, 2.24) is 10.2 Å². The minimum absolute atomic E-state index is 0.168. The largest absolute Gasteiger partial charge is 0.367 e. The number of nitrogens with one attached hydrogen (secondary N) is 2. The number of benzene rings is 3. The lowest BCUT2D eigenvalue weighted by Crippen LogP contribution is -2.51. The molecule has 0 unspecified atom stereocenters. The van der Waals surface area contributed by atoms with Gasteiger partial charge in [0.1, 0.15) is 0 Å². The predicted octanol–water partition coefficient (Wildman–Crippen LogP) is 5.31. The number of halogens is 1. The molecule has 1 aliphatic rings. The Morgan fingerprint density at radius 2 is 1.63 bits per heavy atom. The number of carbonyl (C=O) groups excluding carboxylic acids is 2. The Labute approximate surface area is 216 Å². The van der Waals surface area contributed by atoms with E-state index in [1.54, 1.807) is 12.1 Å². The number of carbonyl (C=O) groups is 2. The molecule has 8 heteroatoms. The predicted molar refractivity (Wildman–Crippen MR) is 147 cm³/mol. The van der Waals surface area contributed by atoms with Crippen LogP contribution >= 0.6 is 23.8 Å². The second-order valence-corrected chi connectivity index (χ2v) is 10.4. The minimum Gasteiger partial charge on any atom is -0.367 e. The molecule has 0 spiro atoms. The van der Waals surface area contributed by atoms with Crippen LogP contribution in [0.15, 0.2) is 60.7 Å². The summed E-state index contributed by atoms with van der Waals surface area (Å²) >= 11 is 12.0. The van der Waals surface area contributed by atoms with Gasteiger partial charge in [0.25, 0.3) is 5.91 Å². The first kappa shape index (κ1) is 24.9. The molecule has 2 N–H and O–H groups in total. The molecule has 1 fully saturated rings. The normalized spacial score (nSPS) is 14.1. The molecule has 0 aliphatic carbocycles. The Bertz CT molecular complexity index is 1270. The van der Waals surface area contributed by atoms with Gasteiger partial charge in [-0.2, -0.15) is 0 Å². The average molecular weight is 509 g/mol. The summed E-state index contributed by atoms with van der Waals surface area (Å²) < 4.78 is 0. The van der Waals surface area contributed by atoms with E-state index in [0.29, 0.717) is 42.5 Å². The van der Waals surface area contributed by atoms with Crippen LogP contribution in [0.1, 0.15) is 31.1 Å². The number of hydrogen-bond donors (Lipinski definition) is 2. The van der Waals surface area contributed by atoms with E-state index in [4.69, 9.17) is 23.8 Å². The number of rotatable bonds is 3. The second-order valence-electron chi connectivity index (χ2n) is 9.63. The summed E-state index contributed by atoms with van der Waals surface area (Å²) in [5.74, 6) is -0.105. The summed E-state index contributed by atoms with van der Waals surface area (Å²) in [6.07, 6.45) is 0. The lowest BCUT2D eigenvalue weighted by molar-refractivity contribution is -0.139. The van der Waals surface area contributed by atoms with E-state index in [1.165, 1.54) is 0 Å². The van der Waals surface area contributed by atoms with E-state index in [0.717, 1.165) is 16.5 Å². The number of amides is 2. The van der Waals surface area contributed by atoms with Gasteiger partial charge in [-0.15, -0.1) is 0 Å². The van der Waals surface area contributed by atoms with Crippen molar-refractivity contribution in [2.24, 2.45) is 5.41 Å². The molecule has 0 bridgehead atoms. The van der Waals surface area contributed by atoms with Gasteiger partial charge in [-0.3, -0.25) is 14.9 Å². The van der Waals surface area contributed by atoms with Crippen molar-refractivity contribution in [3.8, 4) is 0 Å². The van der Waals surface area contributed by atoms with Gasteiger partial charge in [0.15, 0.2) is 5.11 Å². The van der Waals surface area contributed by atoms with Crippen LogP contribution in [0.5, 0.6) is 0 Å². The van der Waals surface area contributed by atoms with E-state index in [9.17, 15) is 9.59 Å². The zero-order valence-corrected chi connectivity index (χ0v) is 21.7. The lowest BCUT2D eigenvalue weighted by atomic mass is 9.94. The molecule has 1 aliphatic heterocycles. The SMILES string of the molecule is CC(C)(C)C(=O)N1CCN(c2ccc(NC(=S)NC(=O)c3cccc4ccccc34)cc2Cl)CC1. The zero-order valence-electron chi connectivity index (χ0n) is 20.1. The van der Waals surface area contributed by atoms with E-state index < -0.39 is 0 Å². The van der Waals surface area contributed by atoms with Crippen LogP contribution in [0, 0.1) is 5.41 Å². The summed E-state index contributed by atoms with van der Waals surface area (Å²) in [6.45, 7) is 8.59. The fraction of sp³-hybridized carbons (Fsp3) is 0.296. The number of thiocarbonyl (C=S) groups is 1. The topological polar surface area (TPSA) is 64.7 Å². The van der Waals surface area contributed by atoms with Gasteiger partial charge >= 0.3 is 0 Å². The molecular formula is C27H29ClN4O2S. The first-order valence-electron chi connectivity index (χ1n) is 11.6. The third-order valence-corrected chi connectivity index (χ3v) is 6.52. The van der Waals surface area contributed by atoms with Gasteiger partial charge in [0.05, 0.1) is 10.7 Å². The first-order chi connectivity index (χ1) is 16.6. The highest BCUT2D eigenvalue weighted by atomic mass is 35.5. The van der Waals surface area contributed by atoms with Gasteiger partial charge in [-0.25, -0.2) is 0 Å². The Morgan fingerprint density at radius 1 is 0.943 bits per heavy atom. The molecule has 1 heterocycles. The van der Waals surface area contributed by atoms with Crippen LogP contribution in [0.3, 0.4) is 0 Å². The van der Waals surface area contributed by atoms with Crippen LogP contribution < -0.4 is 15.5 Å². The molecule has 1 saturated heterocycles. The van der Waals surface area contributed by atoms with Crippen molar-refractivity contribution >= 4 is 62.9 Å². The number of anilines is 2. The zero-order chi connectivity index (χ0) is 25.2. The fourth-order valence-electron chi connectivity index (χ4n) is 4.22. The standard InChI is InChI=1S/C27H29ClN4O2S/c1-27(2,3)25(34)32-15-13-31(14-16-32)23-12-11-19(17-22(23)28)29-26(35)30-24(33)21-10-6-8-18-7-4-5-9-20(18)21/h4-12,17H,13-16H2,1-3H3,(H2,29,30,33,35). The smallest absolute Gasteiger partial charge is 0.258 e. The summed E-state index contributed by atoms with van der Waals surface area (Å²) in [7, 11) is 0. The molecule has 35 heavy (non-hydrogen) atoms. The monoisotopic (exact) mass is 508 g/mol. The number of fused-ring (bicyclic) bond motifs is 1. The Balaban J connectivity index is 1.37. The van der Waals surface area contributed by atoms with Gasteiger partial charge in [-0.1, -0.05) is 68.8 Å². The van der Waals surface area contributed by atoms with Crippen LogP contribution in [-0.4, -0.2) is 48.0 Å². The van der Waals surface area contributed by atoms with Crippen molar-refractivity contribution in [3.05, 3.63) is 71.2 Å². The van der Waals surface area contributed by atoms with Crippen molar-refractivity contribution in [1.29, 1.82) is 0 Å². The number of hydrogen-bond acceptors (Lipinski definition) is 4. The average Bonchev–Trinajstić information content (AvgIpc) is 2.83. The van der Waals surface area contributed by atoms with Gasteiger partial charge in [0, 0.05) is 42.8 Å². The van der Waals surface area contributed by atoms with Gasteiger partial charge in [0.2, 0.25) is 5.91 Å². The molecule has 4 rings (SSSR count). The third kappa shape index (κ3) is 5.74. The molecule has 0 saturated carbocycles. The quantitative estimate of drug-likeness (QED) is 0.469.